The molecule has 5 aromatic rings. The molecular weight excluding hydrogens is 404 g/mol. The van der Waals surface area contributed by atoms with E-state index < -0.39 is 0 Å². The highest BCUT2D eigenvalue weighted by Gasteiger charge is 2.17. The van der Waals surface area contributed by atoms with Gasteiger partial charge in [-0.3, -0.25) is 9.78 Å². The zero-order chi connectivity index (χ0) is 22.1. The van der Waals surface area contributed by atoms with Gasteiger partial charge >= 0.3 is 0 Å². The second-order valence-corrected chi connectivity index (χ2v) is 7.42. The Balaban J connectivity index is 1.52. The number of imidazole rings is 1. The Morgan fingerprint density at radius 2 is 1.97 bits per heavy atom. The SMILES string of the molecule is CC(=O)c1cccc(OCc2nc(-c3ccc4ncnn4c3)c(-c3cccc(C)n3)[nH]2)c1. The van der Waals surface area contributed by atoms with Crippen molar-refractivity contribution in [3.05, 3.63) is 84.2 Å². The second-order valence-electron chi connectivity index (χ2n) is 7.42. The van der Waals surface area contributed by atoms with Crippen LogP contribution in [0.2, 0.25) is 0 Å². The van der Waals surface area contributed by atoms with E-state index in [2.05, 4.69) is 20.1 Å². The maximum absolute atomic E-state index is 11.6. The van der Waals surface area contributed by atoms with Gasteiger partial charge in [-0.15, -0.1) is 0 Å². The molecule has 0 aliphatic heterocycles. The number of ketones is 1. The third-order valence-corrected chi connectivity index (χ3v) is 5.06. The number of benzene rings is 1. The maximum Gasteiger partial charge on any atom is 0.159 e. The summed E-state index contributed by atoms with van der Waals surface area (Å²) in [6.07, 6.45) is 3.40. The van der Waals surface area contributed by atoms with E-state index >= 15 is 0 Å². The fourth-order valence-corrected chi connectivity index (χ4v) is 3.48. The highest BCUT2D eigenvalue weighted by Crippen LogP contribution is 2.30. The quantitative estimate of drug-likeness (QED) is 0.409. The summed E-state index contributed by atoms with van der Waals surface area (Å²) in [6, 6.07) is 16.8. The minimum absolute atomic E-state index is 0.00736. The number of pyridine rings is 2. The molecule has 5 rings (SSSR count). The van der Waals surface area contributed by atoms with Crippen LogP contribution >= 0.6 is 0 Å². The smallest absolute Gasteiger partial charge is 0.159 e. The first-order chi connectivity index (χ1) is 15.6. The van der Waals surface area contributed by atoms with Gasteiger partial charge in [-0.2, -0.15) is 5.10 Å². The number of Topliss-reactive ketones (excluding diaryl/α,β-unsaturated/α-hetero) is 1. The van der Waals surface area contributed by atoms with Gasteiger partial charge in [0.1, 0.15) is 24.5 Å². The van der Waals surface area contributed by atoms with Crippen LogP contribution in [0.3, 0.4) is 0 Å². The highest BCUT2D eigenvalue weighted by molar-refractivity contribution is 5.94. The van der Waals surface area contributed by atoms with Gasteiger partial charge in [0.25, 0.3) is 0 Å². The molecule has 1 aromatic carbocycles. The number of carbonyl (C=O) groups excluding carboxylic acids is 1. The number of nitrogens with zero attached hydrogens (tertiary/aromatic N) is 5. The molecule has 8 nitrogen and oxygen atoms in total. The molecular formula is C24H20N6O2. The molecule has 0 atom stereocenters. The van der Waals surface area contributed by atoms with Crippen molar-refractivity contribution in [3.8, 4) is 28.4 Å². The lowest BCUT2D eigenvalue weighted by molar-refractivity contribution is 0.101. The number of aromatic nitrogens is 6. The Morgan fingerprint density at radius 1 is 1.09 bits per heavy atom. The van der Waals surface area contributed by atoms with Crippen molar-refractivity contribution in [2.75, 3.05) is 0 Å². The number of hydrogen-bond donors (Lipinski definition) is 1. The minimum atomic E-state index is -0.00736. The van der Waals surface area contributed by atoms with Crippen molar-refractivity contribution < 1.29 is 9.53 Å². The van der Waals surface area contributed by atoms with E-state index in [0.717, 1.165) is 34.0 Å². The van der Waals surface area contributed by atoms with E-state index in [-0.39, 0.29) is 12.4 Å². The zero-order valence-electron chi connectivity index (χ0n) is 17.6. The predicted molar refractivity (Wildman–Crippen MR) is 119 cm³/mol. The summed E-state index contributed by atoms with van der Waals surface area (Å²) >= 11 is 0. The van der Waals surface area contributed by atoms with Crippen LogP contribution in [0.1, 0.15) is 28.8 Å². The van der Waals surface area contributed by atoms with Gasteiger partial charge in [-0.05, 0) is 50.2 Å². The van der Waals surface area contributed by atoms with Crippen molar-refractivity contribution >= 4 is 11.4 Å². The number of rotatable bonds is 6. The highest BCUT2D eigenvalue weighted by atomic mass is 16.5. The number of hydrogen-bond acceptors (Lipinski definition) is 6. The van der Waals surface area contributed by atoms with E-state index in [1.54, 1.807) is 22.7 Å². The Bertz CT molecular complexity index is 1440. The van der Waals surface area contributed by atoms with Crippen LogP contribution < -0.4 is 4.74 Å². The van der Waals surface area contributed by atoms with Crippen LogP contribution in [0.4, 0.5) is 0 Å². The molecule has 8 heteroatoms. The van der Waals surface area contributed by atoms with E-state index in [9.17, 15) is 4.79 Å². The lowest BCUT2D eigenvalue weighted by atomic mass is 10.1. The first-order valence-electron chi connectivity index (χ1n) is 10.1. The molecule has 0 bridgehead atoms. The summed E-state index contributed by atoms with van der Waals surface area (Å²) in [7, 11) is 0. The Morgan fingerprint density at radius 3 is 2.81 bits per heavy atom. The molecule has 0 fully saturated rings. The van der Waals surface area contributed by atoms with Crippen LogP contribution in [0, 0.1) is 6.92 Å². The van der Waals surface area contributed by atoms with Gasteiger partial charge < -0.3 is 9.72 Å². The minimum Gasteiger partial charge on any atom is -0.486 e. The Kier molecular flexibility index (Phi) is 4.95. The maximum atomic E-state index is 11.6. The average molecular weight is 424 g/mol. The van der Waals surface area contributed by atoms with E-state index in [1.807, 2.05) is 49.5 Å². The number of aromatic amines is 1. The second kappa shape index (κ2) is 8.07. The summed E-state index contributed by atoms with van der Waals surface area (Å²) in [6.45, 7) is 3.70. The molecule has 0 unspecified atom stereocenters. The van der Waals surface area contributed by atoms with E-state index in [1.165, 1.54) is 13.3 Å². The molecule has 0 amide bonds. The summed E-state index contributed by atoms with van der Waals surface area (Å²) in [4.78, 5) is 28.7. The van der Waals surface area contributed by atoms with Gasteiger partial charge in [-0.25, -0.2) is 14.5 Å². The summed E-state index contributed by atoms with van der Waals surface area (Å²) < 4.78 is 7.62. The number of ether oxygens (including phenoxy) is 1. The first-order valence-corrected chi connectivity index (χ1v) is 10.1. The predicted octanol–water partition coefficient (Wildman–Crippen LogP) is 4.27. The Labute approximate surface area is 184 Å². The van der Waals surface area contributed by atoms with Gasteiger partial charge in [0.2, 0.25) is 0 Å². The number of carbonyl (C=O) groups is 1. The normalized spacial score (nSPS) is 11.1. The molecule has 0 spiro atoms. The Hall–Kier alpha value is -4.33. The molecule has 0 radical (unpaired) electrons. The van der Waals surface area contributed by atoms with Gasteiger partial charge in [0, 0.05) is 23.0 Å². The fourth-order valence-electron chi connectivity index (χ4n) is 3.48. The molecule has 158 valence electrons. The molecule has 0 aliphatic rings. The fraction of sp³-hybridized carbons (Fsp3) is 0.125. The monoisotopic (exact) mass is 424 g/mol. The number of aryl methyl sites for hydroxylation is 1. The largest absolute Gasteiger partial charge is 0.486 e. The van der Waals surface area contributed by atoms with Crippen LogP contribution in [-0.2, 0) is 6.61 Å². The van der Waals surface area contributed by atoms with Gasteiger partial charge in [0.15, 0.2) is 11.4 Å². The van der Waals surface area contributed by atoms with E-state index in [4.69, 9.17) is 9.72 Å². The number of nitrogens with one attached hydrogen (secondary N) is 1. The first kappa shape index (κ1) is 19.6. The van der Waals surface area contributed by atoms with Crippen molar-refractivity contribution in [3.63, 3.8) is 0 Å². The third-order valence-electron chi connectivity index (χ3n) is 5.06. The lowest BCUT2D eigenvalue weighted by Gasteiger charge is -2.05. The van der Waals surface area contributed by atoms with Crippen LogP contribution in [0.5, 0.6) is 5.75 Å². The van der Waals surface area contributed by atoms with Crippen molar-refractivity contribution in [1.29, 1.82) is 0 Å². The van der Waals surface area contributed by atoms with Gasteiger partial charge in [-0.1, -0.05) is 18.2 Å². The molecule has 32 heavy (non-hydrogen) atoms. The molecule has 4 heterocycles. The number of fused-ring (bicyclic) bond motifs is 1. The molecule has 0 saturated carbocycles. The van der Waals surface area contributed by atoms with Crippen LogP contribution in [0.25, 0.3) is 28.3 Å². The molecule has 4 aromatic heterocycles. The standard InChI is InChI=1S/C24H20N6O2/c1-15-5-3-8-20(27-15)24-23(18-9-10-22-25-14-26-30(22)12-18)28-21(29-24)13-32-19-7-4-6-17(11-19)16(2)31/h3-12,14H,13H2,1-2H3,(H,28,29). The summed E-state index contributed by atoms with van der Waals surface area (Å²) in [5, 5.41) is 4.23. The van der Waals surface area contributed by atoms with Crippen molar-refractivity contribution in [2.24, 2.45) is 0 Å². The van der Waals surface area contributed by atoms with Crippen LogP contribution in [-0.4, -0.2) is 35.3 Å². The van der Waals surface area contributed by atoms with Crippen molar-refractivity contribution in [1.82, 2.24) is 29.5 Å². The topological polar surface area (TPSA) is 98.1 Å². The molecule has 0 aliphatic carbocycles. The summed E-state index contributed by atoms with van der Waals surface area (Å²) in [5.41, 5.74) is 5.48. The molecule has 1 N–H and O–H groups in total. The summed E-state index contributed by atoms with van der Waals surface area (Å²) in [5.74, 6) is 1.24. The third kappa shape index (κ3) is 3.85. The van der Waals surface area contributed by atoms with Gasteiger partial charge in [0.05, 0.1) is 17.1 Å². The van der Waals surface area contributed by atoms with Crippen LogP contribution in [0.15, 0.2) is 67.1 Å². The molecule has 0 saturated heterocycles. The van der Waals surface area contributed by atoms with Crippen molar-refractivity contribution in [2.45, 2.75) is 20.5 Å². The zero-order valence-corrected chi connectivity index (χ0v) is 17.6. The average Bonchev–Trinajstić information content (AvgIpc) is 3.44. The number of H-pyrrole nitrogens is 1. The lowest BCUT2D eigenvalue weighted by Crippen LogP contribution is -1.99. The van der Waals surface area contributed by atoms with E-state index in [0.29, 0.717) is 17.1 Å².